The molecule has 0 aliphatic carbocycles. The Bertz CT molecular complexity index is 253. The van der Waals surface area contributed by atoms with Gasteiger partial charge in [-0.15, -0.1) is 0 Å². The van der Waals surface area contributed by atoms with Crippen LogP contribution < -0.4 is 11.5 Å². The number of hydrogen-bond donors (Lipinski definition) is 2. The molecule has 4 N–H and O–H groups in total. The topological polar surface area (TPSA) is 65.2 Å². The van der Waals surface area contributed by atoms with E-state index >= 15 is 0 Å². The molecule has 0 saturated heterocycles. The van der Waals surface area contributed by atoms with E-state index in [0.717, 1.165) is 17.9 Å². The van der Waals surface area contributed by atoms with E-state index in [1.54, 1.807) is 0 Å². The molecule has 2 unspecified atom stereocenters. The van der Waals surface area contributed by atoms with Gasteiger partial charge in [-0.25, -0.2) is 0 Å². The first-order chi connectivity index (χ1) is 6.19. The third kappa shape index (κ3) is 2.32. The summed E-state index contributed by atoms with van der Waals surface area (Å²) in [6.07, 6.45) is 0.984. The molecule has 2 atom stereocenters. The monoisotopic (exact) mass is 182 g/mol. The standard InChI is InChI=1S/C10H18N2O/c1-3-8(6-11)10(12)9-5-4-7(2)13-9/h4-5,8,10H,3,6,11-12H2,1-2H3. The minimum Gasteiger partial charge on any atom is -0.465 e. The summed E-state index contributed by atoms with van der Waals surface area (Å²) in [5, 5.41) is 0. The average molecular weight is 182 g/mol. The number of furan rings is 1. The molecule has 1 aromatic heterocycles. The van der Waals surface area contributed by atoms with E-state index in [1.807, 2.05) is 19.1 Å². The summed E-state index contributed by atoms with van der Waals surface area (Å²) in [6.45, 7) is 4.62. The highest BCUT2D eigenvalue weighted by atomic mass is 16.3. The number of rotatable bonds is 4. The van der Waals surface area contributed by atoms with Crippen molar-refractivity contribution in [3.8, 4) is 0 Å². The Balaban J connectivity index is 2.71. The first-order valence-corrected chi connectivity index (χ1v) is 4.71. The van der Waals surface area contributed by atoms with Crippen LogP contribution in [0.3, 0.4) is 0 Å². The molecule has 0 fully saturated rings. The largest absolute Gasteiger partial charge is 0.465 e. The van der Waals surface area contributed by atoms with Crippen LogP contribution in [0.15, 0.2) is 16.5 Å². The summed E-state index contributed by atoms with van der Waals surface area (Å²) in [6, 6.07) is 3.79. The number of nitrogens with two attached hydrogens (primary N) is 2. The molecule has 1 heterocycles. The molecule has 74 valence electrons. The van der Waals surface area contributed by atoms with Crippen molar-refractivity contribution in [1.29, 1.82) is 0 Å². The molecule has 0 radical (unpaired) electrons. The van der Waals surface area contributed by atoms with Gasteiger partial charge in [0.25, 0.3) is 0 Å². The summed E-state index contributed by atoms with van der Waals surface area (Å²) >= 11 is 0. The SMILES string of the molecule is CCC(CN)C(N)c1ccc(C)o1. The van der Waals surface area contributed by atoms with Crippen molar-refractivity contribution in [1.82, 2.24) is 0 Å². The van der Waals surface area contributed by atoms with Crippen molar-refractivity contribution in [3.05, 3.63) is 23.7 Å². The summed E-state index contributed by atoms with van der Waals surface area (Å²) in [5.74, 6) is 2.05. The van der Waals surface area contributed by atoms with Crippen LogP contribution in [-0.4, -0.2) is 6.54 Å². The van der Waals surface area contributed by atoms with Crippen LogP contribution in [0.4, 0.5) is 0 Å². The van der Waals surface area contributed by atoms with Crippen LogP contribution in [0, 0.1) is 12.8 Å². The molecule has 1 rings (SSSR count). The van der Waals surface area contributed by atoms with Gasteiger partial charge < -0.3 is 15.9 Å². The van der Waals surface area contributed by atoms with E-state index in [1.165, 1.54) is 0 Å². The Kier molecular flexibility index (Phi) is 3.51. The van der Waals surface area contributed by atoms with Gasteiger partial charge in [-0.05, 0) is 31.5 Å². The van der Waals surface area contributed by atoms with Crippen LogP contribution in [0.2, 0.25) is 0 Å². The molecule has 0 aromatic carbocycles. The second-order valence-electron chi connectivity index (χ2n) is 3.38. The maximum absolute atomic E-state index is 6.00. The van der Waals surface area contributed by atoms with E-state index in [0.29, 0.717) is 12.5 Å². The van der Waals surface area contributed by atoms with Crippen molar-refractivity contribution in [2.45, 2.75) is 26.3 Å². The molecular weight excluding hydrogens is 164 g/mol. The van der Waals surface area contributed by atoms with E-state index in [9.17, 15) is 0 Å². The second kappa shape index (κ2) is 4.44. The van der Waals surface area contributed by atoms with Gasteiger partial charge in [-0.2, -0.15) is 0 Å². The molecule has 3 heteroatoms. The average Bonchev–Trinajstić information content (AvgIpc) is 2.54. The normalized spacial score (nSPS) is 15.7. The van der Waals surface area contributed by atoms with E-state index in [4.69, 9.17) is 15.9 Å². The van der Waals surface area contributed by atoms with Crippen LogP contribution in [0.1, 0.15) is 30.9 Å². The van der Waals surface area contributed by atoms with E-state index in [-0.39, 0.29) is 6.04 Å². The molecule has 0 saturated carbocycles. The zero-order valence-electron chi connectivity index (χ0n) is 8.29. The van der Waals surface area contributed by atoms with E-state index in [2.05, 4.69) is 6.92 Å². The van der Waals surface area contributed by atoms with Crippen molar-refractivity contribution < 1.29 is 4.42 Å². The summed E-state index contributed by atoms with van der Waals surface area (Å²) in [4.78, 5) is 0. The fourth-order valence-electron chi connectivity index (χ4n) is 1.43. The highest BCUT2D eigenvalue weighted by Crippen LogP contribution is 2.22. The van der Waals surface area contributed by atoms with E-state index < -0.39 is 0 Å². The van der Waals surface area contributed by atoms with Crippen molar-refractivity contribution in [2.75, 3.05) is 6.54 Å². The molecule has 0 spiro atoms. The Hall–Kier alpha value is -0.800. The minimum absolute atomic E-state index is 0.0660. The molecule has 0 amide bonds. The molecule has 0 aliphatic heterocycles. The Labute approximate surface area is 79.1 Å². The molecule has 1 aromatic rings. The minimum atomic E-state index is -0.0660. The zero-order valence-corrected chi connectivity index (χ0v) is 8.29. The van der Waals surface area contributed by atoms with Gasteiger partial charge in [0.2, 0.25) is 0 Å². The van der Waals surface area contributed by atoms with Crippen LogP contribution in [-0.2, 0) is 0 Å². The van der Waals surface area contributed by atoms with Gasteiger partial charge in [-0.1, -0.05) is 13.3 Å². The van der Waals surface area contributed by atoms with Crippen LogP contribution >= 0.6 is 0 Å². The number of hydrogen-bond acceptors (Lipinski definition) is 3. The summed E-state index contributed by atoms with van der Waals surface area (Å²) in [5.41, 5.74) is 11.6. The zero-order chi connectivity index (χ0) is 9.84. The smallest absolute Gasteiger partial charge is 0.121 e. The quantitative estimate of drug-likeness (QED) is 0.742. The molecule has 3 nitrogen and oxygen atoms in total. The third-order valence-corrected chi connectivity index (χ3v) is 2.42. The summed E-state index contributed by atoms with van der Waals surface area (Å²) < 4.78 is 5.45. The Morgan fingerprint density at radius 1 is 1.46 bits per heavy atom. The molecular formula is C10H18N2O. The lowest BCUT2D eigenvalue weighted by Gasteiger charge is -2.18. The first-order valence-electron chi connectivity index (χ1n) is 4.71. The lowest BCUT2D eigenvalue weighted by Crippen LogP contribution is -2.27. The fraction of sp³-hybridized carbons (Fsp3) is 0.600. The Morgan fingerprint density at radius 2 is 2.15 bits per heavy atom. The predicted molar refractivity (Wildman–Crippen MR) is 53.2 cm³/mol. The molecule has 13 heavy (non-hydrogen) atoms. The van der Waals surface area contributed by atoms with Gasteiger partial charge in [0, 0.05) is 0 Å². The Morgan fingerprint density at radius 3 is 2.54 bits per heavy atom. The van der Waals surface area contributed by atoms with Crippen molar-refractivity contribution in [2.24, 2.45) is 17.4 Å². The lowest BCUT2D eigenvalue weighted by atomic mass is 9.96. The maximum atomic E-state index is 6.00. The van der Waals surface area contributed by atoms with Gasteiger partial charge in [-0.3, -0.25) is 0 Å². The van der Waals surface area contributed by atoms with Crippen molar-refractivity contribution in [3.63, 3.8) is 0 Å². The fourth-order valence-corrected chi connectivity index (χ4v) is 1.43. The van der Waals surface area contributed by atoms with Gasteiger partial charge in [0.05, 0.1) is 6.04 Å². The lowest BCUT2D eigenvalue weighted by molar-refractivity contribution is 0.354. The highest BCUT2D eigenvalue weighted by molar-refractivity contribution is 5.10. The van der Waals surface area contributed by atoms with Crippen LogP contribution in [0.25, 0.3) is 0 Å². The van der Waals surface area contributed by atoms with Gasteiger partial charge in [0.1, 0.15) is 11.5 Å². The van der Waals surface area contributed by atoms with Gasteiger partial charge >= 0.3 is 0 Å². The first kappa shape index (κ1) is 10.3. The second-order valence-corrected chi connectivity index (χ2v) is 3.38. The third-order valence-electron chi connectivity index (χ3n) is 2.42. The molecule has 0 aliphatic rings. The number of aryl methyl sites for hydroxylation is 1. The molecule has 0 bridgehead atoms. The van der Waals surface area contributed by atoms with Crippen LogP contribution in [0.5, 0.6) is 0 Å². The maximum Gasteiger partial charge on any atom is 0.121 e. The highest BCUT2D eigenvalue weighted by Gasteiger charge is 2.18. The van der Waals surface area contributed by atoms with Gasteiger partial charge in [0.15, 0.2) is 0 Å². The summed E-state index contributed by atoms with van der Waals surface area (Å²) in [7, 11) is 0. The predicted octanol–water partition coefficient (Wildman–Crippen LogP) is 1.57. The van der Waals surface area contributed by atoms with Crippen molar-refractivity contribution >= 4 is 0 Å².